The van der Waals surface area contributed by atoms with Crippen LogP contribution >= 0.6 is 0 Å². The molecule has 2 aliphatic heterocycles. The highest BCUT2D eigenvalue weighted by atomic mass is 19.4. The van der Waals surface area contributed by atoms with E-state index < -0.39 is 35.6 Å². The number of rotatable bonds is 10. The standard InChI is InChI=1S/C53H44F6N12O3/c1-31(68-7-11-70(12-8-68)50(73)39-15-37(23-60-25-39)47-43-19-33(3-5-45(43)64-29-66-47)35-17-41(27-62-21-35)52(54,55)56)49(72)32(2)69-9-13-71(14-10-69)51(74)40-16-38(24-61-26-40)48-44-20-34(4-6-46(44)65-30-67-48)36-18-42(28-63-22-36)53(57,58)59/h3-6,15-32H,7-14H2,1-2H3. The van der Waals surface area contributed by atoms with Gasteiger partial charge in [-0.3, -0.25) is 44.1 Å². The average molecular weight is 1010 g/mol. The smallest absolute Gasteiger partial charge is 0.336 e. The quantitative estimate of drug-likeness (QED) is 0.120. The van der Waals surface area contributed by atoms with Crippen LogP contribution in [0.5, 0.6) is 0 Å². The minimum Gasteiger partial charge on any atom is -0.336 e. The Labute approximate surface area is 419 Å². The van der Waals surface area contributed by atoms with Crippen molar-refractivity contribution in [1.29, 1.82) is 0 Å². The van der Waals surface area contributed by atoms with Gasteiger partial charge in [-0.1, -0.05) is 12.1 Å². The van der Waals surface area contributed by atoms with Gasteiger partial charge in [-0.15, -0.1) is 0 Å². The molecule has 0 saturated carbocycles. The Morgan fingerprint density at radius 3 is 1.22 bits per heavy atom. The van der Waals surface area contributed by atoms with Gasteiger partial charge >= 0.3 is 12.4 Å². The Hall–Kier alpha value is -8.17. The summed E-state index contributed by atoms with van der Waals surface area (Å²) in [6, 6.07) is 14.6. The van der Waals surface area contributed by atoms with E-state index in [2.05, 4.69) is 49.7 Å². The second-order valence-corrected chi connectivity index (χ2v) is 18.2. The first kappa shape index (κ1) is 49.4. The van der Waals surface area contributed by atoms with Crippen molar-refractivity contribution < 1.29 is 40.7 Å². The first-order chi connectivity index (χ1) is 35.5. The van der Waals surface area contributed by atoms with Gasteiger partial charge in [-0.05, 0) is 73.5 Å². The zero-order valence-corrected chi connectivity index (χ0v) is 39.7. The average Bonchev–Trinajstić information content (AvgIpc) is 3.43. The molecular formula is C53H44F6N12O3. The fraction of sp³-hybridized carbons (Fsp3) is 0.264. The van der Waals surface area contributed by atoms with Crippen LogP contribution in [0.3, 0.4) is 0 Å². The predicted octanol–water partition coefficient (Wildman–Crippen LogP) is 8.42. The normalized spacial score (nSPS) is 15.8. The SMILES string of the molecule is CC(C(=O)C(C)N1CCN(C(=O)c2cncc(-c3ncnc4ccc(-c5cncc(C(F)(F)F)c5)cc34)c2)CC1)N1CCN(C(=O)c2cncc(-c3ncnc4ccc(-c5cncc(C(F)(F)F)c5)cc34)c2)CC1. The van der Waals surface area contributed by atoms with E-state index in [1.165, 1.54) is 37.4 Å². The van der Waals surface area contributed by atoms with Gasteiger partial charge in [0.25, 0.3) is 11.8 Å². The molecule has 0 spiro atoms. The number of pyridine rings is 4. The second-order valence-electron chi connectivity index (χ2n) is 18.2. The van der Waals surface area contributed by atoms with Crippen molar-refractivity contribution in [3.8, 4) is 44.8 Å². The lowest BCUT2D eigenvalue weighted by Gasteiger charge is -2.41. The first-order valence-electron chi connectivity index (χ1n) is 23.6. The van der Waals surface area contributed by atoms with Gasteiger partial charge in [0.05, 0.1) is 56.8 Å². The van der Waals surface area contributed by atoms with Gasteiger partial charge in [0.1, 0.15) is 12.7 Å². The lowest BCUT2D eigenvalue weighted by molar-refractivity contribution is -0.138. The Morgan fingerprint density at radius 2 is 0.824 bits per heavy atom. The predicted molar refractivity (Wildman–Crippen MR) is 261 cm³/mol. The van der Waals surface area contributed by atoms with Crippen molar-refractivity contribution in [2.45, 2.75) is 38.3 Å². The summed E-state index contributed by atoms with van der Waals surface area (Å²) in [4.78, 5) is 83.3. The molecule has 0 N–H and O–H groups in total. The topological polar surface area (TPSA) is 167 Å². The number of alkyl halides is 6. The number of carbonyl (C=O) groups is 3. The maximum atomic E-state index is 14.0. The molecule has 2 unspecified atom stereocenters. The molecule has 8 heterocycles. The molecule has 0 bridgehead atoms. The summed E-state index contributed by atoms with van der Waals surface area (Å²) in [5.74, 6) is -0.476. The van der Waals surface area contributed by atoms with Crippen molar-refractivity contribution in [1.82, 2.24) is 59.5 Å². The molecule has 2 aliphatic rings. The molecule has 376 valence electrons. The second kappa shape index (κ2) is 20.0. The van der Waals surface area contributed by atoms with Crippen LogP contribution in [0.1, 0.15) is 45.7 Å². The number of amides is 2. The number of nitrogens with zero attached hydrogens (tertiary/aromatic N) is 12. The maximum absolute atomic E-state index is 14.0. The lowest BCUT2D eigenvalue weighted by atomic mass is 10.0. The number of aromatic nitrogens is 8. The van der Waals surface area contributed by atoms with Crippen LogP contribution in [-0.2, 0) is 17.1 Å². The molecule has 15 nitrogen and oxygen atoms in total. The van der Waals surface area contributed by atoms with E-state index in [1.807, 2.05) is 13.8 Å². The molecule has 0 aliphatic carbocycles. The number of benzene rings is 2. The van der Waals surface area contributed by atoms with Crippen LogP contribution in [0, 0.1) is 0 Å². The minimum absolute atomic E-state index is 0.0208. The highest BCUT2D eigenvalue weighted by Crippen LogP contribution is 2.36. The molecule has 2 aromatic carbocycles. The molecule has 2 saturated heterocycles. The Morgan fingerprint density at radius 1 is 0.446 bits per heavy atom. The Bertz CT molecular complexity index is 3230. The molecule has 6 aromatic heterocycles. The molecule has 2 atom stereocenters. The molecule has 8 aromatic rings. The van der Waals surface area contributed by atoms with Crippen LogP contribution in [0.4, 0.5) is 26.3 Å². The lowest BCUT2D eigenvalue weighted by Crippen LogP contribution is -2.58. The molecule has 2 amide bonds. The summed E-state index contributed by atoms with van der Waals surface area (Å²) < 4.78 is 80.9. The van der Waals surface area contributed by atoms with E-state index in [1.54, 1.807) is 70.7 Å². The van der Waals surface area contributed by atoms with Crippen LogP contribution in [0.15, 0.2) is 123 Å². The van der Waals surface area contributed by atoms with Gasteiger partial charge in [0.15, 0.2) is 5.78 Å². The van der Waals surface area contributed by atoms with Gasteiger partial charge in [-0.2, -0.15) is 26.3 Å². The molecule has 21 heteroatoms. The van der Waals surface area contributed by atoms with Crippen LogP contribution in [-0.4, -0.2) is 142 Å². The van der Waals surface area contributed by atoms with Crippen molar-refractivity contribution in [2.75, 3.05) is 52.4 Å². The number of hydrogen-bond acceptors (Lipinski definition) is 13. The van der Waals surface area contributed by atoms with Crippen LogP contribution < -0.4 is 0 Å². The number of ketones is 1. The van der Waals surface area contributed by atoms with Gasteiger partial charge in [-0.25, -0.2) is 19.9 Å². The van der Waals surface area contributed by atoms with E-state index >= 15 is 0 Å². The molecule has 10 rings (SSSR count). The molecule has 2 fully saturated rings. The zero-order valence-electron chi connectivity index (χ0n) is 39.7. The van der Waals surface area contributed by atoms with E-state index in [0.29, 0.717) is 119 Å². The number of hydrogen-bond donors (Lipinski definition) is 0. The fourth-order valence-corrected chi connectivity index (χ4v) is 9.51. The Kier molecular flexibility index (Phi) is 13.4. The summed E-state index contributed by atoms with van der Waals surface area (Å²) in [7, 11) is 0. The van der Waals surface area contributed by atoms with Gasteiger partial charge in [0.2, 0.25) is 0 Å². The third-order valence-corrected chi connectivity index (χ3v) is 13.7. The third-order valence-electron chi connectivity index (χ3n) is 13.7. The summed E-state index contributed by atoms with van der Waals surface area (Å²) in [6.07, 6.45) is 3.96. The van der Waals surface area contributed by atoms with Crippen molar-refractivity contribution >= 4 is 39.4 Å². The number of carbonyl (C=O) groups excluding carboxylic acids is 3. The van der Waals surface area contributed by atoms with Gasteiger partial charge in [0, 0.05) is 135 Å². The summed E-state index contributed by atoms with van der Waals surface area (Å²) in [5.41, 5.74) is 3.46. The number of halogens is 6. The van der Waals surface area contributed by atoms with E-state index in [4.69, 9.17) is 0 Å². The largest absolute Gasteiger partial charge is 0.417 e. The van der Waals surface area contributed by atoms with Crippen molar-refractivity contribution in [3.63, 3.8) is 0 Å². The molecular weight excluding hydrogens is 967 g/mol. The number of fused-ring (bicyclic) bond motifs is 2. The molecule has 74 heavy (non-hydrogen) atoms. The minimum atomic E-state index is -4.56. The van der Waals surface area contributed by atoms with Crippen molar-refractivity contribution in [2.24, 2.45) is 0 Å². The van der Waals surface area contributed by atoms with E-state index in [-0.39, 0.29) is 28.7 Å². The summed E-state index contributed by atoms with van der Waals surface area (Å²) in [6.45, 7) is 7.02. The summed E-state index contributed by atoms with van der Waals surface area (Å²) in [5, 5.41) is 1.11. The highest BCUT2D eigenvalue weighted by molar-refractivity contribution is 6.00. The number of piperazine rings is 2. The third kappa shape index (κ3) is 10.1. The van der Waals surface area contributed by atoms with E-state index in [9.17, 15) is 40.7 Å². The fourth-order valence-electron chi connectivity index (χ4n) is 9.51. The Balaban J connectivity index is 0.746. The molecule has 0 radical (unpaired) electrons. The van der Waals surface area contributed by atoms with Crippen molar-refractivity contribution in [3.05, 3.63) is 145 Å². The van der Waals surface area contributed by atoms with Crippen LogP contribution in [0.2, 0.25) is 0 Å². The monoisotopic (exact) mass is 1010 g/mol. The van der Waals surface area contributed by atoms with Crippen LogP contribution in [0.25, 0.3) is 66.6 Å². The van der Waals surface area contributed by atoms with E-state index in [0.717, 1.165) is 24.5 Å². The maximum Gasteiger partial charge on any atom is 0.417 e. The number of Topliss-reactive ketones (excluding diaryl/α,β-unsaturated/α-hetero) is 1. The zero-order chi connectivity index (χ0) is 51.9. The summed E-state index contributed by atoms with van der Waals surface area (Å²) >= 11 is 0. The van der Waals surface area contributed by atoms with Gasteiger partial charge < -0.3 is 9.80 Å². The first-order valence-corrected chi connectivity index (χ1v) is 23.6. The highest BCUT2D eigenvalue weighted by Gasteiger charge is 2.35.